The van der Waals surface area contributed by atoms with E-state index in [9.17, 15) is 45.6 Å². The fourth-order valence-electron chi connectivity index (χ4n) is 5.11. The molecule has 3 aromatic rings. The van der Waals surface area contributed by atoms with E-state index in [0.29, 0.717) is 17.4 Å². The smallest absolute Gasteiger partial charge is 0.490 e. The number of oxime groups is 1. The second kappa shape index (κ2) is 19.8. The number of β-lactam (4-membered cyclic amide) rings is 1. The van der Waals surface area contributed by atoms with Crippen LogP contribution in [0.2, 0.25) is 0 Å². The Morgan fingerprint density at radius 2 is 1.79 bits per heavy atom. The van der Waals surface area contributed by atoms with Gasteiger partial charge in [-0.2, -0.15) is 27.2 Å². The van der Waals surface area contributed by atoms with E-state index < -0.39 is 76.5 Å². The molecule has 7 N–H and O–H groups in total. The Kier molecular flexibility index (Phi) is 16.0. The van der Waals surface area contributed by atoms with Crippen molar-refractivity contribution in [2.75, 3.05) is 32.0 Å². The van der Waals surface area contributed by atoms with Crippen molar-refractivity contribution in [3.63, 3.8) is 0 Å². The van der Waals surface area contributed by atoms with Crippen LogP contribution < -0.4 is 26.2 Å². The third-order valence-corrected chi connectivity index (χ3v) is 9.16. The number of hydrogen-bond acceptors (Lipinski definition) is 16. The number of ketones is 1. The number of rotatable bonds is 20. The number of hydrogen-bond donors (Lipinski definition) is 5. The molecule has 0 bridgehead atoms. The summed E-state index contributed by atoms with van der Waals surface area (Å²) in [7, 11) is -3.28. The number of nitrogens with two attached hydrogens (primary N) is 2. The van der Waals surface area contributed by atoms with Crippen molar-refractivity contribution in [2.45, 2.75) is 57.5 Å². The number of aryl methyl sites for hydroxylation is 2. The molecule has 1 saturated heterocycles. The molecule has 0 aliphatic carbocycles. The molecule has 3 heterocycles. The van der Waals surface area contributed by atoms with E-state index in [1.807, 2.05) is 36.3 Å². The lowest BCUT2D eigenvalue weighted by atomic mass is 9.74. The van der Waals surface area contributed by atoms with Crippen LogP contribution in [0.3, 0.4) is 0 Å². The maximum Gasteiger partial charge on any atom is 0.490 e. The van der Waals surface area contributed by atoms with Crippen LogP contribution >= 0.6 is 11.3 Å². The van der Waals surface area contributed by atoms with Gasteiger partial charge in [0.2, 0.25) is 16.6 Å². The standard InChI is InChI=1S/C30H40N8O10S2.C2HF3O2/c1-30(2)22(27(40)38(30)48-50(43,44)45)14-24(39)26(23-18-49-29(32)34-23)35-47-25(28(41)42)17-46-21-8-6-19(7-9-21)20-15-36(3)37(16-20)13-5-12-33-11-4-10-31;3-2(4,5)1(6)7/h6-9,15-16,18,22,25,33H,4-5,10-14,17,31H2,1-3H3,(H3-,32,34,41,42,43,44,45);(H,6,7)/b35-26-;/t22-,25+;/m1./s1. The highest BCUT2D eigenvalue weighted by Crippen LogP contribution is 2.40. The number of hydroxylamine groups is 2. The molecule has 0 saturated carbocycles. The van der Waals surface area contributed by atoms with E-state index >= 15 is 0 Å². The van der Waals surface area contributed by atoms with Crippen LogP contribution in [-0.4, -0.2) is 111 Å². The number of aromatic nitrogens is 3. The van der Waals surface area contributed by atoms with Gasteiger partial charge < -0.3 is 41.1 Å². The van der Waals surface area contributed by atoms with Crippen LogP contribution in [0, 0.1) is 5.92 Å². The summed E-state index contributed by atoms with van der Waals surface area (Å²) in [5.41, 5.74) is 11.3. The second-order valence-electron chi connectivity index (χ2n) is 12.7. The SMILES string of the molecule is C[n+]1cc(-c2ccc(OC[C@H](O/N=C(\C(=O)C[C@@H]3C(=O)N(OS(=O)(=O)[O-])C3(C)C)c3csc(N)n3)C(=O)O)cc2)cn1CCCNCCCN.O=C(O)C(F)(F)F. The largest absolute Gasteiger partial charge is 0.724 e. The molecule has 20 nitrogen and oxygen atoms in total. The van der Waals surface area contributed by atoms with E-state index in [-0.39, 0.29) is 10.8 Å². The summed E-state index contributed by atoms with van der Waals surface area (Å²) in [5, 5.41) is 25.9. The Morgan fingerprint density at radius 3 is 2.32 bits per heavy atom. The van der Waals surface area contributed by atoms with Gasteiger partial charge >= 0.3 is 18.1 Å². The first kappa shape index (κ1) is 46.2. The molecule has 1 amide bonds. The number of anilines is 1. The predicted molar refractivity (Wildman–Crippen MR) is 192 cm³/mol. The highest BCUT2D eigenvalue weighted by molar-refractivity contribution is 7.80. The van der Waals surface area contributed by atoms with Crippen molar-refractivity contribution in [1.29, 1.82) is 0 Å². The number of halogens is 3. The van der Waals surface area contributed by atoms with Gasteiger partial charge in [-0.3, -0.25) is 9.59 Å². The zero-order valence-electron chi connectivity index (χ0n) is 30.7. The first-order valence-electron chi connectivity index (χ1n) is 16.8. The minimum Gasteiger partial charge on any atom is -0.724 e. The lowest BCUT2D eigenvalue weighted by molar-refractivity contribution is -0.753. The van der Waals surface area contributed by atoms with E-state index in [0.717, 1.165) is 54.9 Å². The summed E-state index contributed by atoms with van der Waals surface area (Å²) < 4.78 is 78.8. The number of thiazole rings is 1. The van der Waals surface area contributed by atoms with E-state index in [1.54, 1.807) is 12.1 Å². The van der Waals surface area contributed by atoms with Gasteiger partial charge in [0.05, 0.1) is 29.8 Å². The summed E-state index contributed by atoms with van der Waals surface area (Å²) in [6.45, 7) is 5.60. The molecule has 4 rings (SSSR count). The van der Waals surface area contributed by atoms with Gasteiger partial charge in [0, 0.05) is 11.8 Å². The topological polar surface area (TPSA) is 295 Å². The van der Waals surface area contributed by atoms with Gasteiger partial charge in [0.15, 0.2) is 23.7 Å². The second-order valence-corrected chi connectivity index (χ2v) is 14.6. The average molecular weight is 851 g/mol. The molecule has 57 heavy (non-hydrogen) atoms. The lowest BCUT2D eigenvalue weighted by Crippen LogP contribution is -2.68. The summed E-state index contributed by atoms with van der Waals surface area (Å²) >= 11 is 0.984. The van der Waals surface area contributed by atoms with Gasteiger partial charge in [0.1, 0.15) is 18.1 Å². The normalized spacial score (nSPS) is 15.9. The summed E-state index contributed by atoms with van der Waals surface area (Å²) in [4.78, 5) is 56.1. The highest BCUT2D eigenvalue weighted by Gasteiger charge is 2.57. The average Bonchev–Trinajstić information content (AvgIpc) is 3.72. The van der Waals surface area contributed by atoms with Crippen molar-refractivity contribution in [2.24, 2.45) is 23.9 Å². The van der Waals surface area contributed by atoms with Crippen LogP contribution in [0.25, 0.3) is 11.1 Å². The number of nitrogens with one attached hydrogen (secondary N) is 1. The van der Waals surface area contributed by atoms with Crippen LogP contribution in [-0.2, 0) is 52.3 Å². The number of nitrogen functional groups attached to an aromatic ring is 1. The van der Waals surface area contributed by atoms with Crippen molar-refractivity contribution < 1.29 is 74.1 Å². The van der Waals surface area contributed by atoms with Crippen molar-refractivity contribution >= 4 is 56.2 Å². The minimum atomic E-state index is -5.24. The van der Waals surface area contributed by atoms with Crippen LogP contribution in [0.5, 0.6) is 5.75 Å². The Labute approximate surface area is 327 Å². The third-order valence-electron chi connectivity index (χ3n) is 8.15. The van der Waals surface area contributed by atoms with Gasteiger partial charge in [-0.05, 0) is 64.0 Å². The number of carboxylic acid groups (broad SMARTS) is 2. The number of nitrogens with zero attached hydrogens (tertiary/aromatic N) is 5. The Hall–Kier alpha value is -5.21. The van der Waals surface area contributed by atoms with Gasteiger partial charge in [0.25, 0.3) is 12.0 Å². The molecule has 0 unspecified atom stereocenters. The zero-order chi connectivity index (χ0) is 42.7. The van der Waals surface area contributed by atoms with Crippen LogP contribution in [0.4, 0.5) is 18.3 Å². The molecule has 1 aliphatic rings. The molecular weight excluding hydrogens is 810 g/mol. The monoisotopic (exact) mass is 850 g/mol. The Morgan fingerprint density at radius 1 is 1.16 bits per heavy atom. The molecule has 2 atom stereocenters. The molecule has 0 radical (unpaired) electrons. The first-order valence-corrected chi connectivity index (χ1v) is 19.0. The summed E-state index contributed by atoms with van der Waals surface area (Å²) in [6.07, 6.45) is -1.32. The number of alkyl halides is 3. The molecule has 314 valence electrons. The van der Waals surface area contributed by atoms with Crippen LogP contribution in [0.1, 0.15) is 38.8 Å². The fraction of sp³-hybridized carbons (Fsp3) is 0.469. The quantitative estimate of drug-likeness (QED) is 0.0200. The Balaban J connectivity index is 0.00000113. The number of amides is 1. The highest BCUT2D eigenvalue weighted by atomic mass is 32.3. The van der Waals surface area contributed by atoms with Crippen molar-refractivity contribution in [3.8, 4) is 16.9 Å². The maximum atomic E-state index is 13.3. The molecule has 2 aromatic heterocycles. The van der Waals surface area contributed by atoms with Crippen LogP contribution in [0.15, 0.2) is 47.2 Å². The summed E-state index contributed by atoms with van der Waals surface area (Å²) in [5.74, 6) is -6.63. The molecule has 1 aromatic carbocycles. The minimum absolute atomic E-state index is 0.0284. The third kappa shape index (κ3) is 13.5. The number of carbonyl (C=O) groups is 4. The summed E-state index contributed by atoms with van der Waals surface area (Å²) in [6, 6.07) is 7.05. The number of carbonyl (C=O) groups excluding carboxylic acids is 2. The Bertz CT molecular complexity index is 2020. The number of ether oxygens (including phenoxy) is 1. The number of aliphatic carboxylic acids is 2. The fourth-order valence-corrected chi connectivity index (χ4v) is 6.11. The maximum absolute atomic E-state index is 13.3. The van der Waals surface area contributed by atoms with E-state index in [2.05, 4.69) is 24.4 Å². The molecule has 25 heteroatoms. The zero-order valence-corrected chi connectivity index (χ0v) is 32.3. The molecule has 1 fully saturated rings. The number of benzene rings is 1. The van der Waals surface area contributed by atoms with Gasteiger partial charge in [-0.15, -0.1) is 16.0 Å². The van der Waals surface area contributed by atoms with Crippen molar-refractivity contribution in [1.82, 2.24) is 20.0 Å². The predicted octanol–water partition coefficient (Wildman–Crippen LogP) is 0.821. The lowest BCUT2D eigenvalue weighted by Gasteiger charge is -2.51. The molecule has 0 spiro atoms. The number of carboxylic acids is 2. The molecular formula is C32H41F3N8O12S2. The van der Waals surface area contributed by atoms with E-state index in [1.165, 1.54) is 19.2 Å². The van der Waals surface area contributed by atoms with Crippen molar-refractivity contribution in [3.05, 3.63) is 47.7 Å². The van der Waals surface area contributed by atoms with Gasteiger partial charge in [-0.1, -0.05) is 17.3 Å². The molecule has 1 aliphatic heterocycles. The van der Waals surface area contributed by atoms with Gasteiger partial charge in [-0.25, -0.2) is 23.0 Å². The number of Topliss-reactive ketones (excluding diaryl/α,β-unsaturated/α-hetero) is 1. The van der Waals surface area contributed by atoms with E-state index in [4.69, 9.17) is 30.9 Å². The first-order chi connectivity index (χ1) is 26.5.